The molecule has 0 radical (unpaired) electrons. The number of hydrogen-bond donors (Lipinski definition) is 1. The maximum Gasteiger partial charge on any atom is 0.407 e. The van der Waals surface area contributed by atoms with Crippen molar-refractivity contribution in [3.05, 3.63) is 35.4 Å². The summed E-state index contributed by atoms with van der Waals surface area (Å²) in [5.74, 6) is 0.614. The zero-order valence-electron chi connectivity index (χ0n) is 9.96. The first-order valence-electron chi connectivity index (χ1n) is 6.08. The molecule has 1 aromatic carbocycles. The Morgan fingerprint density at radius 2 is 1.94 bits per heavy atom. The molecular weight excluding hydrogens is 250 g/mol. The summed E-state index contributed by atoms with van der Waals surface area (Å²) >= 11 is 0. The van der Waals surface area contributed by atoms with Gasteiger partial charge in [0.25, 0.3) is 0 Å². The zero-order valence-corrected chi connectivity index (χ0v) is 10.8. The van der Waals surface area contributed by atoms with Crippen molar-refractivity contribution in [1.82, 2.24) is 4.90 Å². The van der Waals surface area contributed by atoms with Crippen LogP contribution < -0.4 is 0 Å². The second-order valence-corrected chi connectivity index (χ2v) is 6.67. The van der Waals surface area contributed by atoms with Gasteiger partial charge >= 0.3 is 6.09 Å². The molecule has 1 atom stereocenters. The summed E-state index contributed by atoms with van der Waals surface area (Å²) in [6.07, 6.45) is 0.466. The van der Waals surface area contributed by atoms with Crippen LogP contribution in [-0.4, -0.2) is 33.4 Å². The van der Waals surface area contributed by atoms with E-state index in [1.165, 1.54) is 16.0 Å². The molecule has 1 spiro atoms. The zero-order chi connectivity index (χ0) is 12.8. The highest BCUT2D eigenvalue weighted by molar-refractivity contribution is 7.85. The number of amides is 1. The maximum atomic E-state index is 12.4. The Hall–Kier alpha value is -1.36. The molecule has 18 heavy (non-hydrogen) atoms. The van der Waals surface area contributed by atoms with Gasteiger partial charge in [0.1, 0.15) is 0 Å². The van der Waals surface area contributed by atoms with E-state index in [0.717, 1.165) is 0 Å². The van der Waals surface area contributed by atoms with Gasteiger partial charge in [-0.05, 0) is 24.0 Å². The van der Waals surface area contributed by atoms with Crippen LogP contribution in [0.5, 0.6) is 0 Å². The first-order chi connectivity index (χ1) is 8.63. The first kappa shape index (κ1) is 11.7. The molecule has 5 heteroatoms. The number of carbonyl (C=O) groups is 1. The maximum absolute atomic E-state index is 12.4. The number of hydrogen-bond acceptors (Lipinski definition) is 2. The topological polar surface area (TPSA) is 57.6 Å². The van der Waals surface area contributed by atoms with Gasteiger partial charge in [-0.15, -0.1) is 0 Å². The molecule has 2 heterocycles. The summed E-state index contributed by atoms with van der Waals surface area (Å²) in [5.41, 5.74) is 2.34. The molecule has 1 fully saturated rings. The molecule has 3 rings (SSSR count). The third-order valence-corrected chi connectivity index (χ3v) is 6.15. The van der Waals surface area contributed by atoms with E-state index in [1.54, 1.807) is 0 Å². The molecule has 1 unspecified atom stereocenters. The van der Waals surface area contributed by atoms with Gasteiger partial charge in [0.2, 0.25) is 0 Å². The van der Waals surface area contributed by atoms with Crippen LogP contribution in [-0.2, 0) is 21.3 Å². The van der Waals surface area contributed by atoms with Crippen LogP contribution in [0.4, 0.5) is 4.79 Å². The van der Waals surface area contributed by atoms with Crippen molar-refractivity contribution < 1.29 is 14.1 Å². The third kappa shape index (κ3) is 1.57. The average Bonchev–Trinajstić information content (AvgIpc) is 2.64. The number of likely N-dealkylation sites (tertiary alicyclic amines) is 1. The molecular formula is C13H15NO3S. The number of nitrogens with zero attached hydrogens (tertiary/aromatic N) is 1. The molecule has 0 saturated carbocycles. The van der Waals surface area contributed by atoms with E-state index in [1.807, 2.05) is 18.2 Å². The van der Waals surface area contributed by atoms with Crippen molar-refractivity contribution >= 4 is 16.9 Å². The summed E-state index contributed by atoms with van der Waals surface area (Å²) in [4.78, 5) is 12.4. The minimum Gasteiger partial charge on any atom is -0.465 e. The summed E-state index contributed by atoms with van der Waals surface area (Å²) in [6, 6.07) is 8.04. The summed E-state index contributed by atoms with van der Waals surface area (Å²) in [6.45, 7) is 0.963. The van der Waals surface area contributed by atoms with E-state index in [4.69, 9.17) is 5.11 Å². The van der Waals surface area contributed by atoms with E-state index >= 15 is 0 Å². The Bertz CT molecular complexity index is 521. The predicted octanol–water partition coefficient (Wildman–Crippen LogP) is 1.92. The first-order valence-corrected chi connectivity index (χ1v) is 7.40. The lowest BCUT2D eigenvalue weighted by Crippen LogP contribution is -2.45. The molecule has 2 aliphatic rings. The highest BCUT2D eigenvalue weighted by atomic mass is 32.2. The Morgan fingerprint density at radius 1 is 1.28 bits per heavy atom. The monoisotopic (exact) mass is 265 g/mol. The Balaban J connectivity index is 1.93. The minimum atomic E-state index is -0.912. The summed E-state index contributed by atoms with van der Waals surface area (Å²) in [5, 5.41) is 8.98. The highest BCUT2D eigenvalue weighted by Crippen LogP contribution is 2.46. The van der Waals surface area contributed by atoms with Crippen LogP contribution in [0, 0.1) is 0 Å². The number of benzene rings is 1. The minimum absolute atomic E-state index is 0.303. The van der Waals surface area contributed by atoms with Gasteiger partial charge in [0.05, 0.1) is 4.75 Å². The van der Waals surface area contributed by atoms with Crippen molar-refractivity contribution in [2.24, 2.45) is 0 Å². The number of piperidine rings is 1. The fourth-order valence-electron chi connectivity index (χ4n) is 3.05. The predicted molar refractivity (Wildman–Crippen MR) is 68.8 cm³/mol. The standard InChI is InChI=1S/C13H15NO3S/c15-12(16)14-7-5-13(6-8-14)11-4-2-1-3-10(11)9-18(13)17/h1-4H,5-9H2,(H,15,16). The second-order valence-electron chi connectivity index (χ2n) is 4.91. The van der Waals surface area contributed by atoms with Gasteiger partial charge in [-0.1, -0.05) is 24.3 Å². The molecule has 1 saturated heterocycles. The van der Waals surface area contributed by atoms with Crippen LogP contribution in [0.3, 0.4) is 0 Å². The molecule has 1 amide bonds. The van der Waals surface area contributed by atoms with Crippen molar-refractivity contribution in [3.63, 3.8) is 0 Å². The van der Waals surface area contributed by atoms with Crippen LogP contribution in [0.15, 0.2) is 24.3 Å². The molecule has 2 aliphatic heterocycles. The van der Waals surface area contributed by atoms with Crippen LogP contribution in [0.1, 0.15) is 24.0 Å². The molecule has 4 nitrogen and oxygen atoms in total. The van der Waals surface area contributed by atoms with Gasteiger partial charge in [-0.3, -0.25) is 4.21 Å². The van der Waals surface area contributed by atoms with Crippen molar-refractivity contribution in [1.29, 1.82) is 0 Å². The summed E-state index contributed by atoms with van der Waals surface area (Å²) in [7, 11) is -0.912. The average molecular weight is 265 g/mol. The number of fused-ring (bicyclic) bond motifs is 2. The molecule has 1 N–H and O–H groups in total. The SMILES string of the molecule is O=C(O)N1CCC2(CC1)c1ccccc1CS2=O. The van der Waals surface area contributed by atoms with Crippen LogP contribution in [0.25, 0.3) is 0 Å². The molecule has 1 aromatic rings. The fourth-order valence-corrected chi connectivity index (χ4v) is 4.94. The van der Waals surface area contributed by atoms with E-state index in [-0.39, 0.29) is 4.75 Å². The van der Waals surface area contributed by atoms with E-state index in [2.05, 4.69) is 6.07 Å². The van der Waals surface area contributed by atoms with E-state index in [0.29, 0.717) is 31.7 Å². The normalized spacial score (nSPS) is 25.1. The Labute approximate surface area is 108 Å². The lowest BCUT2D eigenvalue weighted by molar-refractivity contribution is 0.128. The Morgan fingerprint density at radius 3 is 2.61 bits per heavy atom. The van der Waals surface area contributed by atoms with Crippen LogP contribution in [0.2, 0.25) is 0 Å². The largest absolute Gasteiger partial charge is 0.465 e. The molecule has 0 bridgehead atoms. The lowest BCUT2D eigenvalue weighted by atomic mass is 9.86. The fraction of sp³-hybridized carbons (Fsp3) is 0.462. The quantitative estimate of drug-likeness (QED) is 0.779. The molecule has 0 aliphatic carbocycles. The van der Waals surface area contributed by atoms with Crippen molar-refractivity contribution in [2.75, 3.05) is 13.1 Å². The Kier molecular flexibility index (Phi) is 2.66. The molecule has 0 aromatic heterocycles. The lowest BCUT2D eigenvalue weighted by Gasteiger charge is -2.37. The summed E-state index contributed by atoms with van der Waals surface area (Å²) < 4.78 is 12.1. The van der Waals surface area contributed by atoms with E-state index < -0.39 is 16.9 Å². The van der Waals surface area contributed by atoms with Gasteiger partial charge in [-0.25, -0.2) is 4.79 Å². The third-order valence-electron chi connectivity index (χ3n) is 4.07. The van der Waals surface area contributed by atoms with Crippen molar-refractivity contribution in [3.8, 4) is 0 Å². The van der Waals surface area contributed by atoms with Gasteiger partial charge in [0, 0.05) is 29.6 Å². The van der Waals surface area contributed by atoms with Crippen LogP contribution >= 0.6 is 0 Å². The van der Waals surface area contributed by atoms with E-state index in [9.17, 15) is 9.00 Å². The van der Waals surface area contributed by atoms with Gasteiger partial charge in [-0.2, -0.15) is 0 Å². The smallest absolute Gasteiger partial charge is 0.407 e. The number of carboxylic acid groups (broad SMARTS) is 1. The second kappa shape index (κ2) is 4.09. The van der Waals surface area contributed by atoms with Gasteiger partial charge in [0.15, 0.2) is 0 Å². The number of rotatable bonds is 0. The highest BCUT2D eigenvalue weighted by Gasteiger charge is 2.47. The molecule has 96 valence electrons. The van der Waals surface area contributed by atoms with Gasteiger partial charge < -0.3 is 10.0 Å². The van der Waals surface area contributed by atoms with Crippen molar-refractivity contribution in [2.45, 2.75) is 23.3 Å².